The van der Waals surface area contributed by atoms with Crippen LogP contribution in [0.5, 0.6) is 0 Å². The molecule has 1 N–H and O–H groups in total. The van der Waals surface area contributed by atoms with Crippen molar-refractivity contribution in [1.82, 2.24) is 19.7 Å². The first kappa shape index (κ1) is 17.2. The van der Waals surface area contributed by atoms with Gasteiger partial charge in [0.2, 0.25) is 0 Å². The average Bonchev–Trinajstić information content (AvgIpc) is 2.69. The van der Waals surface area contributed by atoms with Crippen molar-refractivity contribution in [1.29, 1.82) is 0 Å². The molecule has 0 spiro atoms. The molecule has 0 aliphatic rings. The van der Waals surface area contributed by atoms with Crippen LogP contribution in [-0.2, 0) is 18.4 Å². The number of hydrogen-bond acceptors (Lipinski definition) is 4. The van der Waals surface area contributed by atoms with Crippen LogP contribution >= 0.6 is 0 Å². The van der Waals surface area contributed by atoms with Crippen molar-refractivity contribution in [2.45, 2.75) is 32.1 Å². The minimum Gasteiger partial charge on any atom is -0.481 e. The van der Waals surface area contributed by atoms with E-state index in [4.69, 9.17) is 5.11 Å². The lowest BCUT2D eigenvalue weighted by molar-refractivity contribution is -0.188. The summed E-state index contributed by atoms with van der Waals surface area (Å²) < 4.78 is 40.7. The van der Waals surface area contributed by atoms with Crippen LogP contribution in [0.4, 0.5) is 13.2 Å². The molecule has 0 saturated carbocycles. The third-order valence-electron chi connectivity index (χ3n) is 3.63. The van der Waals surface area contributed by atoms with Gasteiger partial charge in [-0.2, -0.15) is 18.3 Å². The van der Waals surface area contributed by atoms with E-state index in [0.29, 0.717) is 11.2 Å². The molecule has 0 aromatic carbocycles. The summed E-state index contributed by atoms with van der Waals surface area (Å²) in [6.07, 6.45) is -4.13. The van der Waals surface area contributed by atoms with Crippen LogP contribution in [0.1, 0.15) is 17.7 Å². The summed E-state index contributed by atoms with van der Waals surface area (Å²) in [6.45, 7) is 1.73. The van der Waals surface area contributed by atoms with Gasteiger partial charge in [-0.25, -0.2) is 4.98 Å². The van der Waals surface area contributed by atoms with E-state index in [2.05, 4.69) is 10.1 Å². The molecular weight excluding hydrogens is 313 g/mol. The van der Waals surface area contributed by atoms with Gasteiger partial charge in [0.05, 0.1) is 12.1 Å². The largest absolute Gasteiger partial charge is 0.481 e. The van der Waals surface area contributed by atoms with E-state index >= 15 is 0 Å². The summed E-state index contributed by atoms with van der Waals surface area (Å²) in [5.41, 5.74) is 1.94. The van der Waals surface area contributed by atoms with Crippen molar-refractivity contribution >= 4 is 17.0 Å². The third kappa shape index (κ3) is 3.79. The standard InChI is InChI=1S/C14H17F3N4O2/c1-8-10-4-9(6-18-13(10)21(3)19-8)7-20(2)11(5-12(22)23)14(15,16)17/h4,6,11H,5,7H2,1-3H3,(H,22,23). The number of aliphatic carboxylic acids is 1. The fraction of sp³-hybridized carbons (Fsp3) is 0.500. The number of pyridine rings is 1. The Bertz CT molecular complexity index is 727. The maximum Gasteiger partial charge on any atom is 0.404 e. The quantitative estimate of drug-likeness (QED) is 0.909. The first-order valence-corrected chi connectivity index (χ1v) is 6.86. The highest BCUT2D eigenvalue weighted by Crippen LogP contribution is 2.28. The lowest BCUT2D eigenvalue weighted by Gasteiger charge is -2.28. The van der Waals surface area contributed by atoms with Gasteiger partial charge < -0.3 is 5.11 Å². The predicted octanol–water partition coefficient (Wildman–Crippen LogP) is 2.11. The van der Waals surface area contributed by atoms with Crippen molar-refractivity contribution in [3.63, 3.8) is 0 Å². The van der Waals surface area contributed by atoms with Crippen molar-refractivity contribution in [2.24, 2.45) is 7.05 Å². The van der Waals surface area contributed by atoms with Gasteiger partial charge in [-0.05, 0) is 25.6 Å². The molecule has 0 radical (unpaired) electrons. The Balaban J connectivity index is 2.25. The molecule has 126 valence electrons. The van der Waals surface area contributed by atoms with Crippen molar-refractivity contribution in [3.05, 3.63) is 23.5 Å². The monoisotopic (exact) mass is 330 g/mol. The summed E-state index contributed by atoms with van der Waals surface area (Å²) in [7, 11) is 2.99. The molecule has 0 saturated heterocycles. The van der Waals surface area contributed by atoms with Gasteiger partial charge in [-0.15, -0.1) is 0 Å². The number of carboxylic acids is 1. The Morgan fingerprint density at radius 3 is 2.70 bits per heavy atom. The second kappa shape index (κ2) is 6.15. The molecule has 23 heavy (non-hydrogen) atoms. The van der Waals surface area contributed by atoms with Crippen LogP contribution in [0.2, 0.25) is 0 Å². The molecule has 9 heteroatoms. The summed E-state index contributed by atoms with van der Waals surface area (Å²) >= 11 is 0. The number of carboxylic acid groups (broad SMARTS) is 1. The van der Waals surface area contributed by atoms with Gasteiger partial charge in [0, 0.05) is 25.2 Å². The number of aromatic nitrogens is 3. The summed E-state index contributed by atoms with van der Waals surface area (Å²) in [6, 6.07) is -0.319. The zero-order chi connectivity index (χ0) is 17.4. The van der Waals surface area contributed by atoms with Crippen molar-refractivity contribution < 1.29 is 23.1 Å². The van der Waals surface area contributed by atoms with Crippen molar-refractivity contribution in [3.8, 4) is 0 Å². The highest BCUT2D eigenvalue weighted by molar-refractivity contribution is 5.78. The molecule has 2 aromatic rings. The van der Waals surface area contributed by atoms with E-state index in [9.17, 15) is 18.0 Å². The number of fused-ring (bicyclic) bond motifs is 1. The summed E-state index contributed by atoms with van der Waals surface area (Å²) in [5.74, 6) is -1.49. The Morgan fingerprint density at radius 2 is 2.13 bits per heavy atom. The fourth-order valence-corrected chi connectivity index (χ4v) is 2.52. The molecule has 0 bridgehead atoms. The summed E-state index contributed by atoms with van der Waals surface area (Å²) in [4.78, 5) is 15.9. The minimum atomic E-state index is -4.62. The van der Waals surface area contributed by atoms with Crippen LogP contribution in [0, 0.1) is 6.92 Å². The van der Waals surface area contributed by atoms with E-state index in [1.54, 1.807) is 24.7 Å². The fourth-order valence-electron chi connectivity index (χ4n) is 2.52. The Morgan fingerprint density at radius 1 is 1.48 bits per heavy atom. The molecule has 2 heterocycles. The van der Waals surface area contributed by atoms with Crippen LogP contribution in [0.3, 0.4) is 0 Å². The topological polar surface area (TPSA) is 71.2 Å². The first-order chi connectivity index (χ1) is 10.6. The van der Waals surface area contributed by atoms with Gasteiger partial charge in [-0.1, -0.05) is 0 Å². The molecule has 2 rings (SSSR count). The van der Waals surface area contributed by atoms with E-state index < -0.39 is 24.6 Å². The summed E-state index contributed by atoms with van der Waals surface area (Å²) in [5, 5.41) is 13.7. The predicted molar refractivity (Wildman–Crippen MR) is 76.8 cm³/mol. The number of alkyl halides is 3. The molecule has 2 aromatic heterocycles. The van der Waals surface area contributed by atoms with Gasteiger partial charge in [-0.3, -0.25) is 14.4 Å². The molecule has 0 aliphatic carbocycles. The number of carbonyl (C=O) groups is 1. The van der Waals surface area contributed by atoms with Crippen LogP contribution in [0.25, 0.3) is 11.0 Å². The van der Waals surface area contributed by atoms with Crippen LogP contribution < -0.4 is 0 Å². The SMILES string of the molecule is Cc1nn(C)c2ncc(CN(C)C(CC(=O)O)C(F)(F)F)cc12. The van der Waals surface area contributed by atoms with Crippen molar-refractivity contribution in [2.75, 3.05) is 7.05 Å². The van der Waals surface area contributed by atoms with Gasteiger partial charge >= 0.3 is 12.1 Å². The Kier molecular flexibility index (Phi) is 4.60. The van der Waals surface area contributed by atoms with E-state index in [1.165, 1.54) is 13.2 Å². The number of nitrogens with zero attached hydrogens (tertiary/aromatic N) is 4. The smallest absolute Gasteiger partial charge is 0.404 e. The highest BCUT2D eigenvalue weighted by atomic mass is 19.4. The van der Waals surface area contributed by atoms with E-state index in [0.717, 1.165) is 16.0 Å². The second-order valence-electron chi connectivity index (χ2n) is 5.49. The molecule has 1 atom stereocenters. The van der Waals surface area contributed by atoms with Crippen LogP contribution in [0.15, 0.2) is 12.3 Å². The molecular formula is C14H17F3N4O2. The minimum absolute atomic E-state index is 0.0608. The Hall–Kier alpha value is -2.16. The second-order valence-corrected chi connectivity index (χ2v) is 5.49. The van der Waals surface area contributed by atoms with Gasteiger partial charge in [0.15, 0.2) is 5.65 Å². The molecule has 0 fully saturated rings. The molecule has 6 nitrogen and oxygen atoms in total. The third-order valence-corrected chi connectivity index (χ3v) is 3.63. The van der Waals surface area contributed by atoms with Gasteiger partial charge in [0.25, 0.3) is 0 Å². The average molecular weight is 330 g/mol. The van der Waals surface area contributed by atoms with Gasteiger partial charge in [0.1, 0.15) is 6.04 Å². The van der Waals surface area contributed by atoms with E-state index in [1.807, 2.05) is 0 Å². The first-order valence-electron chi connectivity index (χ1n) is 6.86. The molecule has 0 amide bonds. The molecule has 1 unspecified atom stereocenters. The van der Waals surface area contributed by atoms with Crippen LogP contribution in [-0.4, -0.2) is 50.0 Å². The lowest BCUT2D eigenvalue weighted by Crippen LogP contribution is -2.44. The number of aryl methyl sites for hydroxylation is 2. The van der Waals surface area contributed by atoms with E-state index in [-0.39, 0.29) is 6.54 Å². The lowest BCUT2D eigenvalue weighted by atomic mass is 10.1. The highest BCUT2D eigenvalue weighted by Gasteiger charge is 2.43. The zero-order valence-electron chi connectivity index (χ0n) is 12.9. The molecule has 0 aliphatic heterocycles. The normalized spacial score (nSPS) is 13.7. The number of rotatable bonds is 5. The maximum atomic E-state index is 13.0. The number of halogens is 3. The number of hydrogen-bond donors (Lipinski definition) is 1. The zero-order valence-corrected chi connectivity index (χ0v) is 12.9. The Labute approximate surface area is 130 Å². The maximum absolute atomic E-state index is 13.0.